The number of aromatic nitrogens is 1. The average Bonchev–Trinajstić information content (AvgIpc) is 2.38. The third kappa shape index (κ3) is 2.91. The van der Waals surface area contributed by atoms with Gasteiger partial charge < -0.3 is 0 Å². The van der Waals surface area contributed by atoms with Crippen LogP contribution in [0.1, 0.15) is 28.8 Å². The summed E-state index contributed by atoms with van der Waals surface area (Å²) >= 11 is 2.21. The van der Waals surface area contributed by atoms with E-state index in [4.69, 9.17) is 0 Å². The summed E-state index contributed by atoms with van der Waals surface area (Å²) in [6.45, 7) is 1.93. The Kier molecular flexibility index (Phi) is 3.89. The second kappa shape index (κ2) is 5.40. The summed E-state index contributed by atoms with van der Waals surface area (Å²) in [5, 5.41) is 0. The summed E-state index contributed by atoms with van der Waals surface area (Å²) in [5.74, 6) is 0.0194. The van der Waals surface area contributed by atoms with Gasteiger partial charge in [-0.2, -0.15) is 0 Å². The average molecular weight is 337 g/mol. The third-order valence-electron chi connectivity index (χ3n) is 2.71. The van der Waals surface area contributed by atoms with Crippen molar-refractivity contribution in [3.05, 3.63) is 63.5 Å². The molecule has 2 rings (SSSR count). The Balaban J connectivity index is 2.27. The molecule has 0 aliphatic heterocycles. The molecule has 0 N–H and O–H groups in total. The number of rotatable bonds is 3. The van der Waals surface area contributed by atoms with Gasteiger partial charge in [0.15, 0.2) is 5.78 Å². The van der Waals surface area contributed by atoms with Gasteiger partial charge in [-0.05, 0) is 52.4 Å². The SMILES string of the molecule is CC(C(=O)c1cccc(I)c1)c1ccncc1. The van der Waals surface area contributed by atoms with E-state index in [1.54, 1.807) is 12.4 Å². The van der Waals surface area contributed by atoms with Crippen molar-refractivity contribution in [2.75, 3.05) is 0 Å². The lowest BCUT2D eigenvalue weighted by Crippen LogP contribution is -2.09. The summed E-state index contributed by atoms with van der Waals surface area (Å²) in [6.07, 6.45) is 3.43. The monoisotopic (exact) mass is 337 g/mol. The number of Topliss-reactive ketones (excluding diaryl/α,β-unsaturated/α-hetero) is 1. The molecule has 0 spiro atoms. The Morgan fingerprint density at radius 3 is 2.59 bits per heavy atom. The number of pyridine rings is 1. The van der Waals surface area contributed by atoms with E-state index < -0.39 is 0 Å². The van der Waals surface area contributed by atoms with E-state index in [1.165, 1.54) is 0 Å². The molecular formula is C14H12INO. The van der Waals surface area contributed by atoms with Gasteiger partial charge in [0.2, 0.25) is 0 Å². The van der Waals surface area contributed by atoms with Crippen LogP contribution in [0, 0.1) is 3.57 Å². The highest BCUT2D eigenvalue weighted by molar-refractivity contribution is 14.1. The molecule has 17 heavy (non-hydrogen) atoms. The Hall–Kier alpha value is -1.23. The van der Waals surface area contributed by atoms with Crippen molar-refractivity contribution in [1.29, 1.82) is 0 Å². The van der Waals surface area contributed by atoms with E-state index in [0.717, 1.165) is 14.7 Å². The molecule has 1 unspecified atom stereocenters. The normalized spacial score (nSPS) is 12.1. The van der Waals surface area contributed by atoms with Gasteiger partial charge >= 0.3 is 0 Å². The highest BCUT2D eigenvalue weighted by Gasteiger charge is 2.16. The number of ketones is 1. The summed E-state index contributed by atoms with van der Waals surface area (Å²) in [4.78, 5) is 16.2. The van der Waals surface area contributed by atoms with E-state index >= 15 is 0 Å². The molecule has 2 nitrogen and oxygen atoms in total. The highest BCUT2D eigenvalue weighted by atomic mass is 127. The fraction of sp³-hybridized carbons (Fsp3) is 0.143. The molecule has 0 aliphatic carbocycles. The van der Waals surface area contributed by atoms with Gasteiger partial charge in [-0.25, -0.2) is 0 Å². The molecule has 0 saturated carbocycles. The Bertz CT molecular complexity index is 525. The standard InChI is InChI=1S/C14H12INO/c1-10(11-5-7-16-8-6-11)14(17)12-3-2-4-13(15)9-12/h2-10H,1H3. The van der Waals surface area contributed by atoms with Crippen molar-refractivity contribution in [2.24, 2.45) is 0 Å². The van der Waals surface area contributed by atoms with Gasteiger partial charge in [0.1, 0.15) is 0 Å². The molecule has 1 aromatic carbocycles. The van der Waals surface area contributed by atoms with Gasteiger partial charge in [0.25, 0.3) is 0 Å². The molecule has 0 bridgehead atoms. The minimum Gasteiger partial charge on any atom is -0.294 e. The molecule has 0 saturated heterocycles. The fourth-order valence-corrected chi connectivity index (χ4v) is 2.24. The lowest BCUT2D eigenvalue weighted by molar-refractivity contribution is 0.0966. The maximum Gasteiger partial charge on any atom is 0.170 e. The van der Waals surface area contributed by atoms with Crippen LogP contribution in [0.5, 0.6) is 0 Å². The maximum atomic E-state index is 12.3. The van der Waals surface area contributed by atoms with Crippen LogP contribution in [-0.4, -0.2) is 10.8 Å². The van der Waals surface area contributed by atoms with E-state index in [2.05, 4.69) is 27.6 Å². The minimum atomic E-state index is -0.129. The third-order valence-corrected chi connectivity index (χ3v) is 3.38. The van der Waals surface area contributed by atoms with Crippen LogP contribution in [0.4, 0.5) is 0 Å². The van der Waals surface area contributed by atoms with E-state index in [1.807, 2.05) is 43.3 Å². The van der Waals surface area contributed by atoms with Crippen molar-refractivity contribution in [1.82, 2.24) is 4.98 Å². The smallest absolute Gasteiger partial charge is 0.170 e. The zero-order valence-corrected chi connectivity index (χ0v) is 11.6. The second-order valence-electron chi connectivity index (χ2n) is 3.88. The Morgan fingerprint density at radius 2 is 1.94 bits per heavy atom. The molecule has 86 valence electrons. The van der Waals surface area contributed by atoms with Crippen LogP contribution in [0.25, 0.3) is 0 Å². The van der Waals surface area contributed by atoms with Crippen LogP contribution in [0.3, 0.4) is 0 Å². The lowest BCUT2D eigenvalue weighted by Gasteiger charge is -2.10. The molecule has 0 amide bonds. The molecule has 1 heterocycles. The predicted octanol–water partition coefficient (Wildman–Crippen LogP) is 3.67. The molecule has 2 aromatic rings. The highest BCUT2D eigenvalue weighted by Crippen LogP contribution is 2.20. The van der Waals surface area contributed by atoms with Crippen LogP contribution in [0.2, 0.25) is 0 Å². The number of carbonyl (C=O) groups is 1. The number of benzene rings is 1. The second-order valence-corrected chi connectivity index (χ2v) is 5.12. The maximum absolute atomic E-state index is 12.3. The van der Waals surface area contributed by atoms with Crippen LogP contribution in [-0.2, 0) is 0 Å². The number of carbonyl (C=O) groups excluding carboxylic acids is 1. The van der Waals surface area contributed by atoms with E-state index in [-0.39, 0.29) is 11.7 Å². The zero-order chi connectivity index (χ0) is 12.3. The lowest BCUT2D eigenvalue weighted by atomic mass is 9.93. The first kappa shape index (κ1) is 12.2. The van der Waals surface area contributed by atoms with Crippen LogP contribution < -0.4 is 0 Å². The van der Waals surface area contributed by atoms with Crippen LogP contribution >= 0.6 is 22.6 Å². The topological polar surface area (TPSA) is 30.0 Å². The van der Waals surface area contributed by atoms with Crippen LogP contribution in [0.15, 0.2) is 48.8 Å². The van der Waals surface area contributed by atoms with Crippen molar-refractivity contribution >= 4 is 28.4 Å². The van der Waals surface area contributed by atoms with Crippen molar-refractivity contribution < 1.29 is 4.79 Å². The fourth-order valence-electron chi connectivity index (χ4n) is 1.70. The van der Waals surface area contributed by atoms with E-state index in [9.17, 15) is 4.79 Å². The first-order chi connectivity index (χ1) is 8.18. The molecule has 1 atom stereocenters. The number of halogens is 1. The number of nitrogens with zero attached hydrogens (tertiary/aromatic N) is 1. The first-order valence-electron chi connectivity index (χ1n) is 5.38. The molecular weight excluding hydrogens is 325 g/mol. The van der Waals surface area contributed by atoms with Crippen molar-refractivity contribution in [3.63, 3.8) is 0 Å². The molecule has 0 fully saturated rings. The summed E-state index contributed by atoms with van der Waals surface area (Å²) in [7, 11) is 0. The molecule has 3 heteroatoms. The first-order valence-corrected chi connectivity index (χ1v) is 6.46. The zero-order valence-electron chi connectivity index (χ0n) is 9.43. The van der Waals surface area contributed by atoms with Gasteiger partial charge in [-0.15, -0.1) is 0 Å². The van der Waals surface area contributed by atoms with Gasteiger partial charge in [0, 0.05) is 27.4 Å². The van der Waals surface area contributed by atoms with Gasteiger partial charge in [-0.3, -0.25) is 9.78 Å². The Labute approximate surface area is 114 Å². The van der Waals surface area contributed by atoms with Crippen molar-refractivity contribution in [3.8, 4) is 0 Å². The number of hydrogen-bond donors (Lipinski definition) is 0. The molecule has 0 aliphatic rings. The van der Waals surface area contributed by atoms with Gasteiger partial charge in [0.05, 0.1) is 0 Å². The predicted molar refractivity (Wildman–Crippen MR) is 76.1 cm³/mol. The van der Waals surface area contributed by atoms with Gasteiger partial charge in [-0.1, -0.05) is 19.1 Å². The Morgan fingerprint density at radius 1 is 1.24 bits per heavy atom. The largest absolute Gasteiger partial charge is 0.294 e. The molecule has 0 radical (unpaired) electrons. The van der Waals surface area contributed by atoms with E-state index in [0.29, 0.717) is 0 Å². The quantitative estimate of drug-likeness (QED) is 0.632. The summed E-state index contributed by atoms with van der Waals surface area (Å²) in [5.41, 5.74) is 1.77. The molecule has 1 aromatic heterocycles. The summed E-state index contributed by atoms with van der Waals surface area (Å²) in [6, 6.07) is 11.4. The number of hydrogen-bond acceptors (Lipinski definition) is 2. The van der Waals surface area contributed by atoms with Crippen molar-refractivity contribution in [2.45, 2.75) is 12.8 Å². The summed E-state index contributed by atoms with van der Waals surface area (Å²) < 4.78 is 1.08. The minimum absolute atomic E-state index is 0.129.